The topological polar surface area (TPSA) is 105 Å². The van der Waals surface area contributed by atoms with Crippen LogP contribution in [-0.4, -0.2) is 43.0 Å². The zero-order valence-corrected chi connectivity index (χ0v) is 16.8. The molecule has 0 aliphatic heterocycles. The van der Waals surface area contributed by atoms with Crippen LogP contribution in [0.5, 0.6) is 0 Å². The van der Waals surface area contributed by atoms with Gasteiger partial charge in [0.05, 0.1) is 29.4 Å². The van der Waals surface area contributed by atoms with Crippen molar-refractivity contribution >= 4 is 16.9 Å². The minimum Gasteiger partial charge on any atom is -0.393 e. The number of rotatable bonds is 5. The fourth-order valence-corrected chi connectivity index (χ4v) is 4.23. The summed E-state index contributed by atoms with van der Waals surface area (Å²) in [6.45, 7) is 5.01. The molecule has 3 aromatic rings. The summed E-state index contributed by atoms with van der Waals surface area (Å²) in [6.07, 6.45) is 2.71. The van der Waals surface area contributed by atoms with E-state index in [0.29, 0.717) is 37.0 Å². The smallest absolute Gasteiger partial charge is 0.326 e. The van der Waals surface area contributed by atoms with E-state index >= 15 is 0 Å². The number of benzene rings is 1. The largest absolute Gasteiger partial charge is 0.393 e. The third-order valence-corrected chi connectivity index (χ3v) is 5.72. The predicted molar refractivity (Wildman–Crippen MR) is 110 cm³/mol. The second-order valence-electron chi connectivity index (χ2n) is 7.90. The Balaban J connectivity index is 1.46. The van der Waals surface area contributed by atoms with Gasteiger partial charge < -0.3 is 15.4 Å². The zero-order valence-electron chi connectivity index (χ0n) is 16.8. The van der Waals surface area contributed by atoms with Gasteiger partial charge in [-0.3, -0.25) is 14.0 Å². The lowest BCUT2D eigenvalue weighted by Gasteiger charge is -2.26. The maximum Gasteiger partial charge on any atom is 0.326 e. The maximum absolute atomic E-state index is 12.5. The number of carbonyl (C=O) groups is 1. The van der Waals surface area contributed by atoms with Gasteiger partial charge in [0.25, 0.3) is 5.91 Å². The van der Waals surface area contributed by atoms with Crippen LogP contribution in [0.1, 0.15) is 53.5 Å². The first kappa shape index (κ1) is 19.4. The lowest BCUT2D eigenvalue weighted by Crippen LogP contribution is -2.28. The van der Waals surface area contributed by atoms with Crippen LogP contribution in [0, 0.1) is 13.8 Å². The van der Waals surface area contributed by atoms with E-state index in [0.717, 1.165) is 29.7 Å². The molecule has 2 aromatic heterocycles. The second kappa shape index (κ2) is 7.87. The first-order chi connectivity index (χ1) is 13.9. The number of imidazole rings is 1. The normalized spacial score (nSPS) is 19.6. The number of aromatic amines is 1. The third-order valence-electron chi connectivity index (χ3n) is 5.72. The van der Waals surface area contributed by atoms with Gasteiger partial charge in [-0.1, -0.05) is 0 Å². The van der Waals surface area contributed by atoms with Crippen molar-refractivity contribution in [3.05, 3.63) is 51.7 Å². The molecule has 1 aromatic carbocycles. The molecular weight excluding hydrogens is 370 g/mol. The van der Waals surface area contributed by atoms with Crippen molar-refractivity contribution in [2.75, 3.05) is 6.54 Å². The minimum absolute atomic E-state index is 0.0834. The van der Waals surface area contributed by atoms with Crippen LogP contribution in [0.4, 0.5) is 0 Å². The van der Waals surface area contributed by atoms with Gasteiger partial charge in [0, 0.05) is 23.8 Å². The SMILES string of the molecule is Cc1cc(C)n(CCNC(=O)c2ccc3c(c2)[nH]c(=O)n3C2CCC(O)CC2)n1. The van der Waals surface area contributed by atoms with Crippen molar-refractivity contribution in [2.24, 2.45) is 0 Å². The molecule has 0 bridgehead atoms. The molecule has 0 radical (unpaired) electrons. The molecule has 0 atom stereocenters. The summed E-state index contributed by atoms with van der Waals surface area (Å²) in [7, 11) is 0. The first-order valence-electron chi connectivity index (χ1n) is 10.1. The Bertz CT molecular complexity index is 1090. The van der Waals surface area contributed by atoms with Crippen molar-refractivity contribution in [3.63, 3.8) is 0 Å². The molecule has 154 valence electrons. The first-order valence-corrected chi connectivity index (χ1v) is 10.1. The average Bonchev–Trinajstić information content (AvgIpc) is 3.19. The van der Waals surface area contributed by atoms with E-state index in [1.54, 1.807) is 16.7 Å². The number of nitrogens with zero attached hydrogens (tertiary/aromatic N) is 3. The van der Waals surface area contributed by atoms with E-state index in [2.05, 4.69) is 15.4 Å². The van der Waals surface area contributed by atoms with Gasteiger partial charge in [0.2, 0.25) is 0 Å². The summed E-state index contributed by atoms with van der Waals surface area (Å²) in [5.74, 6) is -0.178. The standard InChI is InChI=1S/C21H27N5O3/c1-13-11-14(2)25(24-13)10-9-22-20(28)15-3-8-19-18(12-15)23-21(29)26(19)16-4-6-17(27)7-5-16/h3,8,11-12,16-17,27H,4-7,9-10H2,1-2H3,(H,22,28)(H,23,29). The highest BCUT2D eigenvalue weighted by molar-refractivity contribution is 5.97. The van der Waals surface area contributed by atoms with Gasteiger partial charge in [-0.05, 0) is 63.8 Å². The molecule has 29 heavy (non-hydrogen) atoms. The molecule has 1 aliphatic carbocycles. The van der Waals surface area contributed by atoms with Crippen LogP contribution in [-0.2, 0) is 6.54 Å². The summed E-state index contributed by atoms with van der Waals surface area (Å²) in [5.41, 5.74) is 3.83. The van der Waals surface area contributed by atoms with E-state index < -0.39 is 0 Å². The van der Waals surface area contributed by atoms with Crippen LogP contribution in [0.3, 0.4) is 0 Å². The van der Waals surface area contributed by atoms with Gasteiger partial charge >= 0.3 is 5.69 Å². The third kappa shape index (κ3) is 3.98. The van der Waals surface area contributed by atoms with Crippen molar-refractivity contribution in [1.29, 1.82) is 0 Å². The van der Waals surface area contributed by atoms with Crippen LogP contribution >= 0.6 is 0 Å². The highest BCUT2D eigenvalue weighted by atomic mass is 16.3. The number of aryl methyl sites for hydroxylation is 2. The maximum atomic E-state index is 12.5. The number of H-pyrrole nitrogens is 1. The lowest BCUT2D eigenvalue weighted by molar-refractivity contribution is 0.0951. The highest BCUT2D eigenvalue weighted by Crippen LogP contribution is 2.29. The summed E-state index contributed by atoms with van der Waals surface area (Å²) in [5, 5.41) is 17.0. The van der Waals surface area contributed by atoms with E-state index in [1.807, 2.05) is 30.7 Å². The highest BCUT2D eigenvalue weighted by Gasteiger charge is 2.24. The van der Waals surface area contributed by atoms with Gasteiger partial charge in [-0.25, -0.2) is 4.79 Å². The molecule has 1 amide bonds. The van der Waals surface area contributed by atoms with Crippen LogP contribution < -0.4 is 11.0 Å². The monoisotopic (exact) mass is 397 g/mol. The Labute approximate surface area is 168 Å². The zero-order chi connectivity index (χ0) is 20.5. The number of carbonyl (C=O) groups excluding carboxylic acids is 1. The van der Waals surface area contributed by atoms with E-state index in [9.17, 15) is 14.7 Å². The summed E-state index contributed by atoms with van der Waals surface area (Å²) < 4.78 is 3.64. The number of nitrogens with one attached hydrogen (secondary N) is 2. The van der Waals surface area contributed by atoms with Gasteiger partial charge in [-0.2, -0.15) is 5.10 Å². The molecule has 8 nitrogen and oxygen atoms in total. The Morgan fingerprint density at radius 1 is 1.24 bits per heavy atom. The molecule has 0 saturated heterocycles. The number of aliphatic hydroxyl groups is 1. The van der Waals surface area contributed by atoms with Crippen molar-refractivity contribution in [3.8, 4) is 0 Å². The molecule has 1 saturated carbocycles. The average molecular weight is 397 g/mol. The molecule has 8 heteroatoms. The van der Waals surface area contributed by atoms with Crippen molar-refractivity contribution in [1.82, 2.24) is 24.6 Å². The summed E-state index contributed by atoms with van der Waals surface area (Å²) in [4.78, 5) is 27.9. The molecule has 1 fully saturated rings. The Morgan fingerprint density at radius 2 is 2.00 bits per heavy atom. The van der Waals surface area contributed by atoms with E-state index in [-0.39, 0.29) is 23.7 Å². The van der Waals surface area contributed by atoms with Gasteiger partial charge in [0.1, 0.15) is 0 Å². The molecule has 1 aliphatic rings. The molecule has 0 spiro atoms. The number of amides is 1. The molecule has 4 rings (SSSR count). The number of fused-ring (bicyclic) bond motifs is 1. The number of hydrogen-bond acceptors (Lipinski definition) is 4. The number of aromatic nitrogens is 4. The Kier molecular flexibility index (Phi) is 5.27. The molecule has 2 heterocycles. The molecule has 0 unspecified atom stereocenters. The second-order valence-corrected chi connectivity index (χ2v) is 7.90. The molecule has 3 N–H and O–H groups in total. The quantitative estimate of drug-likeness (QED) is 0.613. The van der Waals surface area contributed by atoms with Gasteiger partial charge in [0.15, 0.2) is 0 Å². The number of hydrogen-bond donors (Lipinski definition) is 3. The Morgan fingerprint density at radius 3 is 2.69 bits per heavy atom. The van der Waals surface area contributed by atoms with Gasteiger partial charge in [-0.15, -0.1) is 0 Å². The van der Waals surface area contributed by atoms with Crippen molar-refractivity contribution in [2.45, 2.75) is 58.2 Å². The van der Waals surface area contributed by atoms with Crippen LogP contribution in [0.2, 0.25) is 0 Å². The lowest BCUT2D eigenvalue weighted by atomic mass is 9.93. The Hall–Kier alpha value is -2.87. The van der Waals surface area contributed by atoms with Crippen LogP contribution in [0.15, 0.2) is 29.1 Å². The molecular formula is C21H27N5O3. The predicted octanol–water partition coefficient (Wildman–Crippen LogP) is 2.05. The summed E-state index contributed by atoms with van der Waals surface area (Å²) >= 11 is 0. The fourth-order valence-electron chi connectivity index (χ4n) is 4.23. The number of aliphatic hydroxyl groups excluding tert-OH is 1. The van der Waals surface area contributed by atoms with E-state index in [4.69, 9.17) is 0 Å². The van der Waals surface area contributed by atoms with E-state index in [1.165, 1.54) is 0 Å². The summed E-state index contributed by atoms with van der Waals surface area (Å²) in [6, 6.07) is 7.39. The van der Waals surface area contributed by atoms with Crippen molar-refractivity contribution < 1.29 is 9.90 Å². The van der Waals surface area contributed by atoms with Crippen LogP contribution in [0.25, 0.3) is 11.0 Å². The minimum atomic E-state index is -0.267. The fraction of sp³-hybridized carbons (Fsp3) is 0.476.